The highest BCUT2D eigenvalue weighted by Crippen LogP contribution is 2.36. The second-order valence-corrected chi connectivity index (χ2v) is 9.45. The second kappa shape index (κ2) is 12.5. The number of amides is 2. The first-order chi connectivity index (χ1) is 19.9. The Labute approximate surface area is 237 Å². The van der Waals surface area contributed by atoms with Gasteiger partial charge in [0.05, 0.1) is 22.5 Å². The third kappa shape index (κ3) is 7.36. The highest BCUT2D eigenvalue weighted by atomic mass is 19.4. The average Bonchev–Trinajstić information content (AvgIpc) is 3.38. The van der Waals surface area contributed by atoms with E-state index in [1.54, 1.807) is 43.3 Å². The molecule has 1 N–H and O–H groups in total. The van der Waals surface area contributed by atoms with Crippen molar-refractivity contribution in [2.75, 3.05) is 18.4 Å². The van der Waals surface area contributed by atoms with Gasteiger partial charge in [0.15, 0.2) is 0 Å². The third-order valence-electron chi connectivity index (χ3n) is 6.29. The molecule has 0 unspecified atom stereocenters. The summed E-state index contributed by atoms with van der Waals surface area (Å²) in [5, 5.41) is 7.28. The van der Waals surface area contributed by atoms with Crippen LogP contribution in [-0.4, -0.2) is 39.6 Å². The van der Waals surface area contributed by atoms with E-state index in [0.29, 0.717) is 36.4 Å². The van der Waals surface area contributed by atoms with Gasteiger partial charge >= 0.3 is 12.4 Å². The summed E-state index contributed by atoms with van der Waals surface area (Å²) in [6.45, 7) is 1.11. The van der Waals surface area contributed by atoms with Gasteiger partial charge in [-0.05, 0) is 36.8 Å². The lowest BCUT2D eigenvalue weighted by atomic mass is 10.0. The Bertz CT molecular complexity index is 1500. The van der Waals surface area contributed by atoms with Crippen molar-refractivity contribution in [2.24, 2.45) is 0 Å². The molecule has 0 aliphatic carbocycles. The minimum absolute atomic E-state index is 0.0467. The summed E-state index contributed by atoms with van der Waals surface area (Å²) in [5.41, 5.74) is -2.11. The molecule has 12 heteroatoms. The van der Waals surface area contributed by atoms with Crippen molar-refractivity contribution in [1.82, 2.24) is 14.7 Å². The zero-order chi connectivity index (χ0) is 30.5. The minimum atomic E-state index is -5.12. The van der Waals surface area contributed by atoms with Crippen molar-refractivity contribution in [2.45, 2.75) is 32.1 Å². The Balaban J connectivity index is 1.64. The summed E-state index contributed by atoms with van der Waals surface area (Å²) >= 11 is 0. The van der Waals surface area contributed by atoms with Crippen molar-refractivity contribution in [1.29, 1.82) is 0 Å². The summed E-state index contributed by atoms with van der Waals surface area (Å²) < 4.78 is 81.8. The molecule has 0 radical (unpaired) electrons. The normalized spacial score (nSPS) is 11.8. The Hall–Kier alpha value is -4.61. The van der Waals surface area contributed by atoms with Gasteiger partial charge in [0.25, 0.3) is 5.91 Å². The van der Waals surface area contributed by atoms with Crippen LogP contribution in [0.4, 0.5) is 32.2 Å². The summed E-state index contributed by atoms with van der Waals surface area (Å²) in [6, 6.07) is 20.3. The lowest BCUT2D eigenvalue weighted by molar-refractivity contribution is -0.143. The number of nitrogens with zero attached hydrogens (tertiary/aromatic N) is 3. The molecule has 3 aromatic carbocycles. The van der Waals surface area contributed by atoms with Gasteiger partial charge in [-0.3, -0.25) is 9.59 Å². The predicted octanol–water partition coefficient (Wildman–Crippen LogP) is 7.46. The fraction of sp³-hybridized carbons (Fsp3) is 0.233. The van der Waals surface area contributed by atoms with E-state index in [0.717, 1.165) is 10.5 Å². The van der Waals surface area contributed by atoms with E-state index in [2.05, 4.69) is 10.4 Å². The number of para-hydroxylation sites is 1. The number of nitrogens with one attached hydrogen (secondary N) is 1. The highest BCUT2D eigenvalue weighted by Gasteiger charge is 2.38. The van der Waals surface area contributed by atoms with Gasteiger partial charge in [-0.1, -0.05) is 61.9 Å². The fourth-order valence-electron chi connectivity index (χ4n) is 4.20. The lowest BCUT2D eigenvalue weighted by Gasteiger charge is -2.23. The molecule has 0 aliphatic heterocycles. The molecule has 0 aliphatic rings. The molecule has 4 aromatic rings. The van der Waals surface area contributed by atoms with Crippen molar-refractivity contribution in [3.8, 4) is 16.9 Å². The Morgan fingerprint density at radius 2 is 1.40 bits per heavy atom. The molecule has 0 fully saturated rings. The molecular formula is C30H26F6N4O2. The zero-order valence-electron chi connectivity index (χ0n) is 22.3. The molecule has 1 aromatic heterocycles. The van der Waals surface area contributed by atoms with Gasteiger partial charge in [0, 0.05) is 23.7 Å². The Morgan fingerprint density at radius 3 is 1.95 bits per heavy atom. The van der Waals surface area contributed by atoms with Crippen LogP contribution in [0.1, 0.15) is 41.3 Å². The first-order valence-corrected chi connectivity index (χ1v) is 13.0. The maximum absolute atomic E-state index is 13.4. The first-order valence-electron chi connectivity index (χ1n) is 13.0. The zero-order valence-corrected chi connectivity index (χ0v) is 22.3. The smallest absolute Gasteiger partial charge is 0.329 e. The highest BCUT2D eigenvalue weighted by molar-refractivity contribution is 5.99. The molecule has 6 nitrogen and oxygen atoms in total. The molecule has 1 heterocycles. The van der Waals surface area contributed by atoms with Crippen LogP contribution in [0, 0.1) is 0 Å². The third-order valence-corrected chi connectivity index (χ3v) is 6.29. The van der Waals surface area contributed by atoms with Crippen LogP contribution in [0.15, 0.2) is 84.9 Å². The summed E-state index contributed by atoms with van der Waals surface area (Å²) in [6.07, 6.45) is -9.31. The molecule has 4 rings (SSSR count). The number of carbonyl (C=O) groups excluding carboxylic acids is 2. The summed E-state index contributed by atoms with van der Waals surface area (Å²) in [7, 11) is 0. The largest absolute Gasteiger partial charge is 0.416 e. The number of hydrogen-bond acceptors (Lipinski definition) is 3. The number of carbonyl (C=O) groups is 2. The average molecular weight is 589 g/mol. The number of hydrogen-bond donors (Lipinski definition) is 1. The van der Waals surface area contributed by atoms with Gasteiger partial charge in [-0.2, -0.15) is 31.4 Å². The molecule has 2 amide bonds. The molecule has 42 heavy (non-hydrogen) atoms. The predicted molar refractivity (Wildman–Crippen MR) is 145 cm³/mol. The van der Waals surface area contributed by atoms with Crippen molar-refractivity contribution in [3.63, 3.8) is 0 Å². The molecule has 0 spiro atoms. The summed E-state index contributed by atoms with van der Waals surface area (Å²) in [5.74, 6) is -1.58. The van der Waals surface area contributed by atoms with Crippen LogP contribution in [0.25, 0.3) is 16.9 Å². The van der Waals surface area contributed by atoms with Crippen LogP contribution in [0.3, 0.4) is 0 Å². The quantitative estimate of drug-likeness (QED) is 0.207. The van der Waals surface area contributed by atoms with Crippen molar-refractivity contribution < 1.29 is 35.9 Å². The number of benzene rings is 3. The van der Waals surface area contributed by atoms with Gasteiger partial charge < -0.3 is 10.2 Å². The van der Waals surface area contributed by atoms with Crippen molar-refractivity contribution in [3.05, 3.63) is 102 Å². The van der Waals surface area contributed by atoms with Crippen LogP contribution in [-0.2, 0) is 17.1 Å². The van der Waals surface area contributed by atoms with Gasteiger partial charge in [-0.25, -0.2) is 4.68 Å². The molecular weight excluding hydrogens is 562 g/mol. The van der Waals surface area contributed by atoms with E-state index in [1.807, 2.05) is 30.3 Å². The topological polar surface area (TPSA) is 67.2 Å². The van der Waals surface area contributed by atoms with Gasteiger partial charge in [0.2, 0.25) is 5.91 Å². The van der Waals surface area contributed by atoms with E-state index in [-0.39, 0.29) is 18.4 Å². The minimum Gasteiger partial charge on any atom is -0.329 e. The van der Waals surface area contributed by atoms with E-state index >= 15 is 0 Å². The van der Waals surface area contributed by atoms with Gasteiger partial charge in [-0.15, -0.1) is 0 Å². The molecule has 220 valence electrons. The van der Waals surface area contributed by atoms with Gasteiger partial charge in [0.1, 0.15) is 12.4 Å². The monoisotopic (exact) mass is 588 g/mol. The Morgan fingerprint density at radius 1 is 0.833 bits per heavy atom. The molecule has 0 saturated heterocycles. The standard InChI is InChI=1S/C30H26F6N4O2/c1-2-3-14-39(28(42)21-15-22(29(31,32)33)17-23(16-21)30(34,35)36)19-27(41)37-26-18-25(20-10-6-4-7-11-20)38-40(26)24-12-8-5-9-13-24/h4-13,15-18H,2-3,14,19H2,1H3,(H,37,41). The van der Waals surface area contributed by atoms with E-state index in [4.69, 9.17) is 0 Å². The first kappa shape index (κ1) is 30.4. The Kier molecular flexibility index (Phi) is 9.03. The number of aromatic nitrogens is 2. The van der Waals surface area contributed by atoms with Crippen LogP contribution < -0.4 is 5.32 Å². The summed E-state index contributed by atoms with van der Waals surface area (Å²) in [4.78, 5) is 27.4. The number of anilines is 1. The number of unbranched alkanes of at least 4 members (excludes halogenated alkanes) is 1. The maximum Gasteiger partial charge on any atom is 0.416 e. The molecule has 0 saturated carbocycles. The van der Waals surface area contributed by atoms with Crippen LogP contribution >= 0.6 is 0 Å². The molecule has 0 bridgehead atoms. The van der Waals surface area contributed by atoms with E-state index in [1.165, 1.54) is 4.68 Å². The molecule has 0 atom stereocenters. The van der Waals surface area contributed by atoms with E-state index < -0.39 is 47.4 Å². The van der Waals surface area contributed by atoms with Crippen LogP contribution in [0.5, 0.6) is 0 Å². The van der Waals surface area contributed by atoms with Crippen LogP contribution in [0.2, 0.25) is 0 Å². The SMILES string of the molecule is CCCCN(CC(=O)Nc1cc(-c2ccccc2)nn1-c1ccccc1)C(=O)c1cc(C(F)(F)F)cc(C(F)(F)F)c1. The van der Waals surface area contributed by atoms with E-state index in [9.17, 15) is 35.9 Å². The maximum atomic E-state index is 13.4. The number of rotatable bonds is 9. The number of alkyl halides is 6. The second-order valence-electron chi connectivity index (χ2n) is 9.45. The van der Waals surface area contributed by atoms with Crippen molar-refractivity contribution >= 4 is 17.6 Å². The fourth-order valence-corrected chi connectivity index (χ4v) is 4.20. The lowest BCUT2D eigenvalue weighted by Crippen LogP contribution is -2.39. The number of halogens is 6.